The Morgan fingerprint density at radius 3 is 2.63 bits per heavy atom. The van der Waals surface area contributed by atoms with Gasteiger partial charge in [-0.3, -0.25) is 4.21 Å². The third-order valence-electron chi connectivity index (χ3n) is 2.74. The largest absolute Gasteiger partial charge is 0.497 e. The van der Waals surface area contributed by atoms with Crippen LogP contribution in [-0.4, -0.2) is 11.3 Å². The second-order valence-electron chi connectivity index (χ2n) is 4.17. The van der Waals surface area contributed by atoms with E-state index in [2.05, 4.69) is 0 Å². The summed E-state index contributed by atoms with van der Waals surface area (Å²) in [5.41, 5.74) is 1.93. The lowest BCUT2D eigenvalue weighted by molar-refractivity contribution is 0.414. The number of hydrogen-bond donors (Lipinski definition) is 0. The first-order valence-corrected chi connectivity index (χ1v) is 7.77. The highest BCUT2D eigenvalue weighted by molar-refractivity contribution is 7.83. The van der Waals surface area contributed by atoms with E-state index in [9.17, 15) is 4.21 Å². The van der Waals surface area contributed by atoms with Gasteiger partial charge in [0.2, 0.25) is 0 Å². The van der Waals surface area contributed by atoms with Crippen molar-refractivity contribution in [3.8, 4) is 5.75 Å². The number of benzene rings is 2. The Hall–Kier alpha value is -1.32. The van der Waals surface area contributed by atoms with Crippen molar-refractivity contribution in [1.82, 2.24) is 0 Å². The van der Waals surface area contributed by atoms with Gasteiger partial charge in [0, 0.05) is 21.6 Å². The maximum absolute atomic E-state index is 12.1. The average molecular weight is 295 g/mol. The molecule has 100 valence electrons. The van der Waals surface area contributed by atoms with E-state index in [1.165, 1.54) is 0 Å². The van der Waals surface area contributed by atoms with Crippen LogP contribution in [0.1, 0.15) is 11.1 Å². The molecule has 2 rings (SSSR count). The van der Waals surface area contributed by atoms with Crippen molar-refractivity contribution in [3.05, 3.63) is 64.7 Å². The Balaban J connectivity index is 2.03. The van der Waals surface area contributed by atoms with E-state index in [1.807, 2.05) is 48.5 Å². The van der Waals surface area contributed by atoms with Crippen molar-refractivity contribution in [2.24, 2.45) is 0 Å². The van der Waals surface area contributed by atoms with Crippen molar-refractivity contribution in [2.75, 3.05) is 7.11 Å². The molecule has 0 aliphatic carbocycles. The lowest BCUT2D eigenvalue weighted by atomic mass is 10.2. The fourth-order valence-electron chi connectivity index (χ4n) is 1.79. The van der Waals surface area contributed by atoms with E-state index < -0.39 is 10.8 Å². The number of rotatable bonds is 5. The van der Waals surface area contributed by atoms with Crippen LogP contribution in [0.3, 0.4) is 0 Å². The molecule has 0 heterocycles. The van der Waals surface area contributed by atoms with Crippen LogP contribution >= 0.6 is 11.6 Å². The summed E-state index contributed by atoms with van der Waals surface area (Å²) >= 11 is 6.06. The van der Waals surface area contributed by atoms with Crippen LogP contribution in [0, 0.1) is 0 Å². The second kappa shape index (κ2) is 6.73. The second-order valence-corrected chi connectivity index (χ2v) is 6.04. The monoisotopic (exact) mass is 294 g/mol. The summed E-state index contributed by atoms with van der Waals surface area (Å²) in [5, 5.41) is 0.668. The minimum absolute atomic E-state index is 0.469. The molecular weight excluding hydrogens is 280 g/mol. The molecule has 0 spiro atoms. The molecule has 0 fully saturated rings. The maximum atomic E-state index is 12.1. The van der Waals surface area contributed by atoms with Gasteiger partial charge in [-0.05, 0) is 29.3 Å². The zero-order valence-electron chi connectivity index (χ0n) is 10.6. The van der Waals surface area contributed by atoms with E-state index in [0.29, 0.717) is 16.5 Å². The molecule has 0 radical (unpaired) electrons. The van der Waals surface area contributed by atoms with Crippen LogP contribution in [0.25, 0.3) is 0 Å². The summed E-state index contributed by atoms with van der Waals surface area (Å²) in [5.74, 6) is 1.76. The van der Waals surface area contributed by atoms with Gasteiger partial charge in [-0.1, -0.05) is 41.9 Å². The lowest BCUT2D eigenvalue weighted by Crippen LogP contribution is -2.00. The zero-order chi connectivity index (χ0) is 13.7. The predicted octanol–water partition coefficient (Wildman–Crippen LogP) is 3.80. The molecule has 0 bridgehead atoms. The topological polar surface area (TPSA) is 26.3 Å². The number of halogens is 1. The Morgan fingerprint density at radius 1 is 1.11 bits per heavy atom. The Bertz CT molecular complexity index is 584. The molecule has 1 atom stereocenters. The molecule has 0 aliphatic rings. The third kappa shape index (κ3) is 4.08. The molecule has 4 heteroatoms. The molecule has 0 N–H and O–H groups in total. The predicted molar refractivity (Wildman–Crippen MR) is 80.0 cm³/mol. The van der Waals surface area contributed by atoms with E-state index >= 15 is 0 Å². The summed E-state index contributed by atoms with van der Waals surface area (Å²) in [6.45, 7) is 0. The van der Waals surface area contributed by atoms with E-state index in [0.717, 1.165) is 16.9 Å². The van der Waals surface area contributed by atoms with E-state index in [4.69, 9.17) is 16.3 Å². The van der Waals surface area contributed by atoms with Crippen LogP contribution in [-0.2, 0) is 22.3 Å². The fourth-order valence-corrected chi connectivity index (χ4v) is 3.32. The molecule has 2 aromatic carbocycles. The van der Waals surface area contributed by atoms with Gasteiger partial charge in [0.15, 0.2) is 0 Å². The first-order chi connectivity index (χ1) is 9.19. The highest BCUT2D eigenvalue weighted by Crippen LogP contribution is 2.19. The van der Waals surface area contributed by atoms with Crippen molar-refractivity contribution in [1.29, 1.82) is 0 Å². The summed E-state index contributed by atoms with van der Waals surface area (Å²) < 4.78 is 17.3. The molecule has 0 amide bonds. The molecule has 0 saturated carbocycles. The van der Waals surface area contributed by atoms with Gasteiger partial charge in [0.25, 0.3) is 0 Å². The van der Waals surface area contributed by atoms with Gasteiger partial charge >= 0.3 is 0 Å². The number of methoxy groups -OCH3 is 1. The van der Waals surface area contributed by atoms with Gasteiger partial charge in [-0.15, -0.1) is 0 Å². The van der Waals surface area contributed by atoms with Crippen molar-refractivity contribution in [3.63, 3.8) is 0 Å². The van der Waals surface area contributed by atoms with Gasteiger partial charge in [-0.25, -0.2) is 0 Å². The third-order valence-corrected chi connectivity index (χ3v) is 4.39. The molecule has 0 aromatic heterocycles. The Kier molecular flexibility index (Phi) is 5.00. The zero-order valence-corrected chi connectivity index (χ0v) is 12.2. The Labute approximate surface area is 120 Å². The summed E-state index contributed by atoms with van der Waals surface area (Å²) in [7, 11) is 0.642. The van der Waals surface area contributed by atoms with Gasteiger partial charge < -0.3 is 4.74 Å². The number of hydrogen-bond acceptors (Lipinski definition) is 2. The van der Waals surface area contributed by atoms with Crippen molar-refractivity contribution in [2.45, 2.75) is 11.5 Å². The van der Waals surface area contributed by atoms with Crippen LogP contribution in [0.15, 0.2) is 48.5 Å². The Morgan fingerprint density at radius 2 is 1.89 bits per heavy atom. The van der Waals surface area contributed by atoms with Gasteiger partial charge in [0.1, 0.15) is 5.75 Å². The normalized spacial score (nSPS) is 12.1. The summed E-state index contributed by atoms with van der Waals surface area (Å²) in [4.78, 5) is 0. The van der Waals surface area contributed by atoms with Crippen LogP contribution in [0.5, 0.6) is 5.75 Å². The molecule has 1 unspecified atom stereocenters. The van der Waals surface area contributed by atoms with E-state index in [-0.39, 0.29) is 0 Å². The standard InChI is InChI=1S/C15H15ClO2S/c1-18-14-7-4-5-12(9-14)10-19(17)11-13-6-2-3-8-15(13)16/h2-9H,10-11H2,1H3. The minimum atomic E-state index is -0.983. The smallest absolute Gasteiger partial charge is 0.119 e. The molecule has 2 nitrogen and oxygen atoms in total. The first kappa shape index (κ1) is 14.1. The molecule has 19 heavy (non-hydrogen) atoms. The molecule has 0 aliphatic heterocycles. The highest BCUT2D eigenvalue weighted by Gasteiger charge is 2.07. The summed E-state index contributed by atoms with van der Waals surface area (Å²) in [6, 6.07) is 15.1. The molecule has 0 saturated heterocycles. The molecular formula is C15H15ClO2S. The highest BCUT2D eigenvalue weighted by atomic mass is 35.5. The molecule has 2 aromatic rings. The van der Waals surface area contributed by atoms with Crippen LogP contribution < -0.4 is 4.74 Å². The lowest BCUT2D eigenvalue weighted by Gasteiger charge is -2.06. The van der Waals surface area contributed by atoms with Crippen molar-refractivity contribution >= 4 is 22.4 Å². The van der Waals surface area contributed by atoms with Gasteiger partial charge in [0.05, 0.1) is 12.9 Å². The van der Waals surface area contributed by atoms with Gasteiger partial charge in [-0.2, -0.15) is 0 Å². The van der Waals surface area contributed by atoms with Crippen LogP contribution in [0.2, 0.25) is 5.02 Å². The quantitative estimate of drug-likeness (QED) is 0.838. The van der Waals surface area contributed by atoms with E-state index in [1.54, 1.807) is 7.11 Å². The maximum Gasteiger partial charge on any atom is 0.119 e. The minimum Gasteiger partial charge on any atom is -0.497 e. The first-order valence-electron chi connectivity index (χ1n) is 5.90. The number of ether oxygens (including phenoxy) is 1. The average Bonchev–Trinajstić information content (AvgIpc) is 2.41. The summed E-state index contributed by atoms with van der Waals surface area (Å²) in [6.07, 6.45) is 0. The SMILES string of the molecule is COc1cccc(CS(=O)Cc2ccccc2Cl)c1. The van der Waals surface area contributed by atoms with Crippen LogP contribution in [0.4, 0.5) is 0 Å². The fraction of sp³-hybridized carbons (Fsp3) is 0.200. The van der Waals surface area contributed by atoms with Crippen molar-refractivity contribution < 1.29 is 8.95 Å².